The lowest BCUT2D eigenvalue weighted by molar-refractivity contribution is 0.308. The van der Waals surface area contributed by atoms with Gasteiger partial charge in [-0.15, -0.1) is 0 Å². The Labute approximate surface area is 53.3 Å². The molecule has 3 nitrogen and oxygen atoms in total. The van der Waals surface area contributed by atoms with Crippen LogP contribution in [-0.2, 0) is 14.3 Å². The zero-order chi connectivity index (χ0) is 7.49. The summed E-state index contributed by atoms with van der Waals surface area (Å²) in [5.74, 6) is -0.254. The molecule has 0 radical (unpaired) electrons. The van der Waals surface area contributed by atoms with Gasteiger partial charge in [0.2, 0.25) is 0 Å². The van der Waals surface area contributed by atoms with Crippen LogP contribution in [-0.4, -0.2) is 14.2 Å². The van der Waals surface area contributed by atoms with E-state index in [9.17, 15) is 12.8 Å². The average Bonchev–Trinajstić information content (AvgIpc) is 1.63. The molecule has 0 atom stereocenters. The molecule has 0 aromatic rings. The highest BCUT2D eigenvalue weighted by molar-refractivity contribution is 7.86. The molecule has 0 saturated carbocycles. The van der Waals surface area contributed by atoms with E-state index in [1.54, 1.807) is 0 Å². The quantitative estimate of drug-likeness (QED) is 0.446. The van der Waals surface area contributed by atoms with Crippen LogP contribution in [0, 0.1) is 0 Å². The van der Waals surface area contributed by atoms with Gasteiger partial charge in [-0.2, -0.15) is 12.8 Å². The highest BCUT2D eigenvalue weighted by Gasteiger charge is 2.08. The largest absolute Gasteiger partial charge is 0.353 e. The summed E-state index contributed by atoms with van der Waals surface area (Å²) in [4.78, 5) is 0. The molecule has 0 bridgehead atoms. The van der Waals surface area contributed by atoms with Gasteiger partial charge < -0.3 is 4.18 Å². The zero-order valence-corrected chi connectivity index (χ0v) is 5.74. The molecule has 0 fully saturated rings. The first-order valence-electron chi connectivity index (χ1n) is 2.24. The van der Waals surface area contributed by atoms with Crippen molar-refractivity contribution in [2.45, 2.75) is 6.92 Å². The first kappa shape index (κ1) is 8.42. The number of hydrogen-bond acceptors (Lipinski definition) is 3. The van der Waals surface area contributed by atoms with Gasteiger partial charge in [0.1, 0.15) is 0 Å². The normalized spacial score (nSPS) is 10.9. The topological polar surface area (TPSA) is 43.4 Å². The van der Waals surface area contributed by atoms with Gasteiger partial charge in [-0.1, -0.05) is 0 Å². The average molecular weight is 154 g/mol. The van der Waals surface area contributed by atoms with Crippen LogP contribution < -0.4 is 0 Å². The van der Waals surface area contributed by atoms with Crippen LogP contribution in [0.1, 0.15) is 6.92 Å². The van der Waals surface area contributed by atoms with Crippen LogP contribution >= 0.6 is 0 Å². The first-order valence-corrected chi connectivity index (χ1v) is 3.82. The van der Waals surface area contributed by atoms with Crippen LogP contribution in [0.4, 0.5) is 4.39 Å². The van der Waals surface area contributed by atoms with Crippen LogP contribution in [0.2, 0.25) is 0 Å². The summed E-state index contributed by atoms with van der Waals surface area (Å²) in [7, 11) is -3.69. The smallest absolute Gasteiger partial charge is 0.310 e. The van der Waals surface area contributed by atoms with E-state index in [2.05, 4.69) is 10.8 Å². The van der Waals surface area contributed by atoms with Crippen molar-refractivity contribution in [1.82, 2.24) is 0 Å². The lowest BCUT2D eigenvalue weighted by atomic mass is 11.0. The van der Waals surface area contributed by atoms with E-state index in [1.807, 2.05) is 0 Å². The molecule has 0 spiro atoms. The maximum absolute atomic E-state index is 11.6. The van der Waals surface area contributed by atoms with E-state index < -0.39 is 16.1 Å². The molecule has 0 amide bonds. The van der Waals surface area contributed by atoms with E-state index in [0.29, 0.717) is 0 Å². The Kier molecular flexibility index (Phi) is 2.64. The molecule has 0 aliphatic carbocycles. The predicted molar refractivity (Wildman–Crippen MR) is 30.8 cm³/mol. The van der Waals surface area contributed by atoms with Crippen molar-refractivity contribution in [2.75, 3.05) is 5.75 Å². The Hall–Kier alpha value is -0.580. The molecule has 0 rings (SSSR count). The van der Waals surface area contributed by atoms with Crippen LogP contribution in [0.5, 0.6) is 0 Å². The monoisotopic (exact) mass is 154 g/mol. The lowest BCUT2D eigenvalue weighted by Crippen LogP contribution is -2.05. The van der Waals surface area contributed by atoms with Gasteiger partial charge in [0.15, 0.2) is 0 Å². The van der Waals surface area contributed by atoms with Crippen molar-refractivity contribution in [3.05, 3.63) is 12.6 Å². The lowest BCUT2D eigenvalue weighted by Gasteiger charge is -1.97. The fourth-order valence-corrected chi connectivity index (χ4v) is 0.590. The molecule has 0 aromatic heterocycles. The summed E-state index contributed by atoms with van der Waals surface area (Å²) in [5.41, 5.74) is 0. The van der Waals surface area contributed by atoms with Gasteiger partial charge in [0.25, 0.3) is 6.01 Å². The fraction of sp³-hybridized carbons (Fsp3) is 0.500. The Morgan fingerprint density at radius 3 is 2.33 bits per heavy atom. The fourth-order valence-electron chi connectivity index (χ4n) is 0.197. The van der Waals surface area contributed by atoms with E-state index in [4.69, 9.17) is 0 Å². The summed E-state index contributed by atoms with van der Waals surface area (Å²) in [6.45, 7) is 3.97. The number of hydrogen-bond donors (Lipinski definition) is 0. The third-order valence-electron chi connectivity index (χ3n) is 0.571. The van der Waals surface area contributed by atoms with E-state index in [1.165, 1.54) is 6.92 Å². The summed E-state index contributed by atoms with van der Waals surface area (Å²) >= 11 is 0. The molecule has 54 valence electrons. The minimum Gasteiger partial charge on any atom is -0.353 e. The van der Waals surface area contributed by atoms with E-state index in [-0.39, 0.29) is 5.75 Å². The van der Waals surface area contributed by atoms with Gasteiger partial charge >= 0.3 is 10.1 Å². The third-order valence-corrected chi connectivity index (χ3v) is 1.71. The second kappa shape index (κ2) is 2.82. The number of halogens is 1. The van der Waals surface area contributed by atoms with E-state index in [0.717, 1.165) is 0 Å². The summed E-state index contributed by atoms with van der Waals surface area (Å²) < 4.78 is 35.9. The van der Waals surface area contributed by atoms with Crippen molar-refractivity contribution in [2.24, 2.45) is 0 Å². The standard InChI is InChI=1S/C4H7FO3S/c1-3-9(6,7)8-4(2)5/h2-3H2,1H3. The second-order valence-electron chi connectivity index (χ2n) is 1.28. The minimum absolute atomic E-state index is 0.254. The molecular weight excluding hydrogens is 147 g/mol. The van der Waals surface area contributed by atoms with E-state index >= 15 is 0 Å². The van der Waals surface area contributed by atoms with Gasteiger partial charge in [0.05, 0.1) is 5.75 Å². The van der Waals surface area contributed by atoms with Gasteiger partial charge in [-0.3, -0.25) is 0 Å². The first-order chi connectivity index (χ1) is 3.98. The Bertz CT molecular complexity index is 194. The highest BCUT2D eigenvalue weighted by Crippen LogP contribution is 2.01. The molecule has 0 aliphatic heterocycles. The second-order valence-corrected chi connectivity index (χ2v) is 3.14. The minimum atomic E-state index is -3.69. The maximum atomic E-state index is 11.6. The van der Waals surface area contributed by atoms with Crippen molar-refractivity contribution in [3.63, 3.8) is 0 Å². The number of rotatable bonds is 3. The zero-order valence-electron chi connectivity index (χ0n) is 4.93. The van der Waals surface area contributed by atoms with Crippen molar-refractivity contribution in [1.29, 1.82) is 0 Å². The molecular formula is C4H7FO3S. The van der Waals surface area contributed by atoms with Crippen molar-refractivity contribution in [3.8, 4) is 0 Å². The summed E-state index contributed by atoms with van der Waals surface area (Å²) in [6.07, 6.45) is 0. The van der Waals surface area contributed by atoms with Gasteiger partial charge in [0, 0.05) is 0 Å². The SMILES string of the molecule is C=C(F)OS(=O)(=O)CC. The molecule has 0 heterocycles. The predicted octanol–water partition coefficient (Wildman–Crippen LogP) is 0.793. The molecule has 0 N–H and O–H groups in total. The molecule has 5 heteroatoms. The Balaban J connectivity index is 4.06. The Morgan fingerprint density at radius 1 is 1.78 bits per heavy atom. The highest BCUT2D eigenvalue weighted by atomic mass is 32.2. The van der Waals surface area contributed by atoms with Gasteiger partial charge in [-0.05, 0) is 13.5 Å². The third kappa shape index (κ3) is 3.96. The van der Waals surface area contributed by atoms with Crippen molar-refractivity contribution >= 4 is 10.1 Å². The molecule has 9 heavy (non-hydrogen) atoms. The Morgan fingerprint density at radius 2 is 2.22 bits per heavy atom. The molecule has 0 saturated heterocycles. The van der Waals surface area contributed by atoms with Gasteiger partial charge in [-0.25, -0.2) is 0 Å². The summed E-state index contributed by atoms with van der Waals surface area (Å²) in [5, 5.41) is 0. The van der Waals surface area contributed by atoms with Crippen LogP contribution in [0.15, 0.2) is 12.6 Å². The molecule has 0 unspecified atom stereocenters. The van der Waals surface area contributed by atoms with Crippen molar-refractivity contribution < 1.29 is 17.0 Å². The van der Waals surface area contributed by atoms with Crippen LogP contribution in [0.3, 0.4) is 0 Å². The molecule has 0 aromatic carbocycles. The molecule has 0 aliphatic rings. The maximum Gasteiger partial charge on any atom is 0.310 e. The van der Waals surface area contributed by atoms with Crippen LogP contribution in [0.25, 0.3) is 0 Å². The summed E-state index contributed by atoms with van der Waals surface area (Å²) in [6, 6.07) is -1.29.